The van der Waals surface area contributed by atoms with Crippen molar-refractivity contribution < 1.29 is 14.2 Å². The molecular formula is C21H26FN5O2. The Labute approximate surface area is 170 Å². The summed E-state index contributed by atoms with van der Waals surface area (Å²) >= 11 is 0. The third kappa shape index (κ3) is 5.79. The van der Waals surface area contributed by atoms with Crippen LogP contribution in [0.3, 0.4) is 0 Å². The number of rotatable bonds is 9. The number of halogens is 1. The molecule has 1 aromatic carbocycles. The molecule has 0 spiro atoms. The molecule has 4 N–H and O–H groups in total. The summed E-state index contributed by atoms with van der Waals surface area (Å²) in [5.41, 5.74) is 8.23. The molecule has 0 aliphatic rings. The number of anilines is 1. The minimum Gasteiger partial charge on any atom is -0.450 e. The minimum absolute atomic E-state index is 0.0449. The molecular weight excluding hydrogens is 373 g/mol. The third-order valence-corrected chi connectivity index (χ3v) is 4.18. The maximum absolute atomic E-state index is 13.3. The van der Waals surface area contributed by atoms with Gasteiger partial charge in [0.15, 0.2) is 5.88 Å². The van der Waals surface area contributed by atoms with Crippen molar-refractivity contribution in [1.82, 2.24) is 15.3 Å². The first-order chi connectivity index (χ1) is 13.9. The number of likely N-dealkylation sites (N-methyl/N-ethyl adjacent to an activating group) is 1. The van der Waals surface area contributed by atoms with E-state index in [2.05, 4.69) is 21.9 Å². The second kappa shape index (κ2) is 10.2. The molecule has 0 radical (unpaired) electrons. The largest absolute Gasteiger partial charge is 0.450 e. The van der Waals surface area contributed by atoms with Crippen LogP contribution in [0.1, 0.15) is 25.1 Å². The Balaban J connectivity index is 2.51. The molecule has 0 saturated heterocycles. The van der Waals surface area contributed by atoms with Crippen LogP contribution in [0.5, 0.6) is 0 Å². The molecule has 0 fully saturated rings. The normalized spacial score (nSPS) is 13.0. The van der Waals surface area contributed by atoms with Gasteiger partial charge in [-0.2, -0.15) is 0 Å². The van der Waals surface area contributed by atoms with Gasteiger partial charge in [0.1, 0.15) is 5.82 Å². The van der Waals surface area contributed by atoms with Gasteiger partial charge in [-0.15, -0.1) is 0 Å². The molecule has 154 valence electrons. The summed E-state index contributed by atoms with van der Waals surface area (Å²) in [5.74, 6) is 0.288. The van der Waals surface area contributed by atoms with Crippen LogP contribution >= 0.6 is 0 Å². The fraction of sp³-hybridized carbons (Fsp3) is 0.238. The Morgan fingerprint density at radius 3 is 2.69 bits per heavy atom. The molecule has 1 unspecified atom stereocenters. The maximum atomic E-state index is 13.3. The van der Waals surface area contributed by atoms with Crippen LogP contribution in [0.2, 0.25) is 0 Å². The summed E-state index contributed by atoms with van der Waals surface area (Å²) in [5, 5.41) is 12.4. The minimum atomic E-state index is -0.360. The average Bonchev–Trinajstić information content (AvgIpc) is 2.75. The first kappa shape index (κ1) is 21.9. The molecule has 29 heavy (non-hydrogen) atoms. The number of aliphatic hydroxyl groups excluding tert-OH is 1. The Bertz CT molecular complexity index is 896. The van der Waals surface area contributed by atoms with Gasteiger partial charge in [0.05, 0.1) is 36.0 Å². The van der Waals surface area contributed by atoms with E-state index in [1.165, 1.54) is 18.4 Å². The zero-order valence-electron chi connectivity index (χ0n) is 16.8. The predicted octanol–water partition coefficient (Wildman–Crippen LogP) is 2.83. The van der Waals surface area contributed by atoms with Crippen LogP contribution in [0.15, 0.2) is 61.3 Å². The van der Waals surface area contributed by atoms with Crippen LogP contribution in [-0.2, 0) is 4.74 Å². The van der Waals surface area contributed by atoms with Crippen LogP contribution in [0.4, 0.5) is 10.3 Å². The molecule has 2 rings (SSSR count). The van der Waals surface area contributed by atoms with Crippen LogP contribution in [0.25, 0.3) is 11.4 Å². The molecule has 0 aliphatic heterocycles. The Morgan fingerprint density at radius 1 is 1.38 bits per heavy atom. The number of hydrogen-bond acceptors (Lipinski definition) is 7. The van der Waals surface area contributed by atoms with Gasteiger partial charge in [-0.25, -0.2) is 14.4 Å². The quantitative estimate of drug-likeness (QED) is 0.558. The van der Waals surface area contributed by atoms with E-state index in [-0.39, 0.29) is 24.3 Å². The number of nitrogens with two attached hydrogens (primary N) is 1. The zero-order valence-corrected chi connectivity index (χ0v) is 16.8. The number of allylic oxidation sites excluding steroid dienone is 1. The fourth-order valence-electron chi connectivity index (χ4n) is 2.34. The van der Waals surface area contributed by atoms with Crippen molar-refractivity contribution in [2.45, 2.75) is 19.9 Å². The van der Waals surface area contributed by atoms with E-state index in [9.17, 15) is 9.50 Å². The molecule has 1 atom stereocenters. The van der Waals surface area contributed by atoms with E-state index >= 15 is 0 Å². The van der Waals surface area contributed by atoms with E-state index in [4.69, 9.17) is 10.5 Å². The van der Waals surface area contributed by atoms with Gasteiger partial charge in [-0.3, -0.25) is 0 Å². The third-order valence-electron chi connectivity index (χ3n) is 4.18. The number of hydrogen-bond donors (Lipinski definition) is 3. The van der Waals surface area contributed by atoms with Crippen molar-refractivity contribution in [3.8, 4) is 0 Å². The highest BCUT2D eigenvalue weighted by Crippen LogP contribution is 2.22. The highest BCUT2D eigenvalue weighted by molar-refractivity contribution is 5.87. The molecule has 0 bridgehead atoms. The molecule has 1 aromatic heterocycles. The van der Waals surface area contributed by atoms with E-state index in [0.29, 0.717) is 28.6 Å². The van der Waals surface area contributed by atoms with E-state index in [1.54, 1.807) is 42.4 Å². The van der Waals surface area contributed by atoms with Crippen molar-refractivity contribution in [2.75, 3.05) is 18.6 Å². The van der Waals surface area contributed by atoms with Crippen molar-refractivity contribution in [3.63, 3.8) is 0 Å². The number of nitrogens with zero attached hydrogens (tertiary/aromatic N) is 3. The zero-order chi connectivity index (χ0) is 21.4. The number of nitrogens with one attached hydrogen (secondary N) is 1. The highest BCUT2D eigenvalue weighted by atomic mass is 19.1. The molecule has 0 amide bonds. The molecule has 2 aromatic rings. The molecule has 7 nitrogen and oxygen atoms in total. The van der Waals surface area contributed by atoms with Gasteiger partial charge in [-0.05, 0) is 56.3 Å². The lowest BCUT2D eigenvalue weighted by atomic mass is 10.1. The molecule has 8 heteroatoms. The van der Waals surface area contributed by atoms with Crippen molar-refractivity contribution in [2.24, 2.45) is 5.73 Å². The van der Waals surface area contributed by atoms with E-state index in [0.717, 1.165) is 0 Å². The SMILES string of the molecule is C=C(N/C(=C(\N)c1ccc(F)cc1)c1ccnc(N(C)C(C)CO)n1)O/C=C\C. The second-order valence-electron chi connectivity index (χ2n) is 6.32. The van der Waals surface area contributed by atoms with Crippen molar-refractivity contribution in [3.05, 3.63) is 78.4 Å². The van der Waals surface area contributed by atoms with Gasteiger partial charge in [0, 0.05) is 13.2 Å². The molecule has 0 saturated carbocycles. The maximum Gasteiger partial charge on any atom is 0.225 e. The summed E-state index contributed by atoms with van der Waals surface area (Å²) in [7, 11) is 1.79. The summed E-state index contributed by atoms with van der Waals surface area (Å²) in [6.07, 6.45) is 4.78. The molecule has 1 heterocycles. The topological polar surface area (TPSA) is 96.5 Å². The van der Waals surface area contributed by atoms with Gasteiger partial charge in [0.2, 0.25) is 5.95 Å². The van der Waals surface area contributed by atoms with Gasteiger partial charge in [-0.1, -0.05) is 6.08 Å². The summed E-state index contributed by atoms with van der Waals surface area (Å²) < 4.78 is 18.7. The average molecular weight is 399 g/mol. The van der Waals surface area contributed by atoms with Crippen LogP contribution in [-0.4, -0.2) is 34.8 Å². The lowest BCUT2D eigenvalue weighted by Crippen LogP contribution is -2.33. The van der Waals surface area contributed by atoms with E-state index < -0.39 is 0 Å². The monoisotopic (exact) mass is 399 g/mol. The van der Waals surface area contributed by atoms with Gasteiger partial charge in [0.25, 0.3) is 0 Å². The van der Waals surface area contributed by atoms with Gasteiger partial charge >= 0.3 is 0 Å². The van der Waals surface area contributed by atoms with E-state index in [1.807, 2.05) is 13.8 Å². The van der Waals surface area contributed by atoms with Gasteiger partial charge < -0.3 is 25.8 Å². The van der Waals surface area contributed by atoms with Crippen molar-refractivity contribution in [1.29, 1.82) is 0 Å². The standard InChI is InChI=1S/C21H26FN5O2/c1-5-12-29-15(3)25-20(19(23)16-6-8-17(22)9-7-16)18-10-11-24-21(26-18)27(4)14(2)13-28/h5-12,14,25,28H,3,13,23H2,1-2,4H3/b12-5-,20-19-. The predicted molar refractivity (Wildman–Crippen MR) is 113 cm³/mol. The number of benzene rings is 1. The Morgan fingerprint density at radius 2 is 2.07 bits per heavy atom. The first-order valence-corrected chi connectivity index (χ1v) is 9.03. The van der Waals surface area contributed by atoms with Crippen LogP contribution in [0, 0.1) is 5.82 Å². The smallest absolute Gasteiger partial charge is 0.225 e. The Kier molecular flexibility index (Phi) is 7.73. The lowest BCUT2D eigenvalue weighted by Gasteiger charge is -2.24. The number of aromatic nitrogens is 2. The summed E-state index contributed by atoms with van der Waals surface area (Å²) in [6.45, 7) is 7.44. The Hall–Kier alpha value is -3.39. The second-order valence-corrected chi connectivity index (χ2v) is 6.32. The molecule has 0 aliphatic carbocycles. The highest BCUT2D eigenvalue weighted by Gasteiger charge is 2.16. The summed E-state index contributed by atoms with van der Waals surface area (Å²) in [6, 6.07) is 7.31. The first-order valence-electron chi connectivity index (χ1n) is 9.03. The number of aliphatic hydroxyl groups is 1. The number of ether oxygens (including phenoxy) is 1. The lowest BCUT2D eigenvalue weighted by molar-refractivity contribution is 0.269. The fourth-order valence-corrected chi connectivity index (χ4v) is 2.34. The summed E-state index contributed by atoms with van der Waals surface area (Å²) in [4.78, 5) is 10.6. The van der Waals surface area contributed by atoms with Crippen molar-refractivity contribution >= 4 is 17.3 Å². The van der Waals surface area contributed by atoms with Crippen LogP contribution < -0.4 is 16.0 Å².